The lowest BCUT2D eigenvalue weighted by Gasteiger charge is -2.37. The molecule has 0 aromatic carbocycles. The first kappa shape index (κ1) is 4.80. The zero-order chi connectivity index (χ0) is 5.45. The fraction of sp³-hybridized carbons (Fsp3) is 1.00. The first-order valence-corrected chi connectivity index (χ1v) is 3.60. The zero-order valence-corrected chi connectivity index (χ0v) is 5.19. The van der Waals surface area contributed by atoms with Crippen molar-refractivity contribution in [3.63, 3.8) is 0 Å². The molecule has 0 amide bonds. The van der Waals surface area contributed by atoms with Crippen LogP contribution < -0.4 is 5.32 Å². The summed E-state index contributed by atoms with van der Waals surface area (Å²) in [6.45, 7) is 1.15. The van der Waals surface area contributed by atoms with E-state index in [-0.39, 0.29) is 0 Å². The molecule has 1 radical (unpaired) electrons. The van der Waals surface area contributed by atoms with Gasteiger partial charge < -0.3 is 0 Å². The third-order valence-electron chi connectivity index (χ3n) is 2.56. The summed E-state index contributed by atoms with van der Waals surface area (Å²) < 4.78 is 0. The number of rotatable bonds is 0. The lowest BCUT2D eigenvalue weighted by atomic mass is 9.86. The van der Waals surface area contributed by atoms with Crippen LogP contribution >= 0.6 is 0 Å². The highest BCUT2D eigenvalue weighted by molar-refractivity contribution is 4.99. The van der Waals surface area contributed by atoms with Crippen LogP contribution in [0.5, 0.6) is 0 Å². The van der Waals surface area contributed by atoms with E-state index in [0.29, 0.717) is 5.54 Å². The Labute approximate surface area is 50.5 Å². The van der Waals surface area contributed by atoms with Crippen LogP contribution in [0.2, 0.25) is 0 Å². The molecule has 1 aliphatic heterocycles. The van der Waals surface area contributed by atoms with Gasteiger partial charge in [-0.25, -0.2) is 5.32 Å². The molecule has 2 fully saturated rings. The van der Waals surface area contributed by atoms with E-state index < -0.39 is 0 Å². The molecule has 0 unspecified atom stereocenters. The normalized spacial score (nSPS) is 33.0. The zero-order valence-electron chi connectivity index (χ0n) is 5.19. The molecule has 1 heteroatoms. The number of hydrogen-bond acceptors (Lipinski definition) is 0. The third kappa shape index (κ3) is 0.510. The van der Waals surface area contributed by atoms with Crippen LogP contribution in [0.3, 0.4) is 0 Å². The van der Waals surface area contributed by atoms with Gasteiger partial charge in [-0.3, -0.25) is 0 Å². The van der Waals surface area contributed by atoms with E-state index in [4.69, 9.17) is 0 Å². The van der Waals surface area contributed by atoms with Crippen molar-refractivity contribution in [1.82, 2.24) is 5.32 Å². The van der Waals surface area contributed by atoms with Gasteiger partial charge >= 0.3 is 0 Å². The first-order chi connectivity index (χ1) is 3.91. The third-order valence-corrected chi connectivity index (χ3v) is 2.56. The van der Waals surface area contributed by atoms with Gasteiger partial charge in [0, 0.05) is 12.1 Å². The molecular weight excluding hydrogens is 98.1 g/mol. The molecule has 2 rings (SSSR count). The molecule has 0 bridgehead atoms. The van der Waals surface area contributed by atoms with Crippen molar-refractivity contribution in [2.45, 2.75) is 37.6 Å². The second-order valence-electron chi connectivity index (χ2n) is 3.06. The molecule has 1 nitrogen and oxygen atoms in total. The van der Waals surface area contributed by atoms with E-state index in [1.165, 1.54) is 32.1 Å². The monoisotopic (exact) mass is 110 g/mol. The van der Waals surface area contributed by atoms with Gasteiger partial charge in [-0.2, -0.15) is 0 Å². The topological polar surface area (TPSA) is 14.1 Å². The van der Waals surface area contributed by atoms with Gasteiger partial charge in [0.1, 0.15) is 0 Å². The van der Waals surface area contributed by atoms with Crippen molar-refractivity contribution in [2.24, 2.45) is 0 Å². The summed E-state index contributed by atoms with van der Waals surface area (Å²) >= 11 is 0. The van der Waals surface area contributed by atoms with E-state index in [2.05, 4.69) is 5.32 Å². The Morgan fingerprint density at radius 3 is 1.88 bits per heavy atom. The van der Waals surface area contributed by atoms with E-state index in [0.717, 1.165) is 6.54 Å². The molecule has 0 aromatic heterocycles. The summed E-state index contributed by atoms with van der Waals surface area (Å²) in [7, 11) is 0. The van der Waals surface area contributed by atoms with Crippen molar-refractivity contribution < 1.29 is 0 Å². The van der Waals surface area contributed by atoms with Crippen molar-refractivity contribution in [2.75, 3.05) is 6.54 Å². The molecule has 1 saturated carbocycles. The Morgan fingerprint density at radius 2 is 1.62 bits per heavy atom. The lowest BCUT2D eigenvalue weighted by molar-refractivity contribution is 0.206. The second kappa shape index (κ2) is 1.47. The molecule has 2 aliphatic rings. The lowest BCUT2D eigenvalue weighted by Crippen LogP contribution is -2.48. The minimum atomic E-state index is 0.542. The molecule has 1 heterocycles. The van der Waals surface area contributed by atoms with Gasteiger partial charge in [0.25, 0.3) is 0 Å². The smallest absolute Gasteiger partial charge is 0.0369 e. The summed E-state index contributed by atoms with van der Waals surface area (Å²) in [5.74, 6) is 0. The minimum Gasteiger partial charge on any atom is -0.235 e. The molecule has 0 N–H and O–H groups in total. The quantitative estimate of drug-likeness (QED) is 0.446. The Balaban J connectivity index is 2.01. The number of nitrogens with zero attached hydrogens (tertiary/aromatic N) is 1. The molecule has 0 atom stereocenters. The van der Waals surface area contributed by atoms with Crippen LogP contribution in [0, 0.1) is 0 Å². The summed E-state index contributed by atoms with van der Waals surface area (Å²) in [6.07, 6.45) is 7.06. The number of hydrogen-bond donors (Lipinski definition) is 0. The van der Waals surface area contributed by atoms with E-state index in [1.807, 2.05) is 0 Å². The Hall–Kier alpha value is -0.0400. The molecule has 0 aromatic rings. The highest BCUT2D eigenvalue weighted by Crippen LogP contribution is 2.38. The van der Waals surface area contributed by atoms with Crippen LogP contribution in [0.4, 0.5) is 0 Å². The maximum Gasteiger partial charge on any atom is 0.0369 e. The summed E-state index contributed by atoms with van der Waals surface area (Å²) in [5, 5.41) is 4.50. The maximum atomic E-state index is 4.50. The summed E-state index contributed by atoms with van der Waals surface area (Å²) in [6, 6.07) is 0. The van der Waals surface area contributed by atoms with Crippen molar-refractivity contribution in [3.05, 3.63) is 0 Å². The van der Waals surface area contributed by atoms with E-state index >= 15 is 0 Å². The Bertz CT molecular complexity index is 86.6. The van der Waals surface area contributed by atoms with Gasteiger partial charge in [-0.15, -0.1) is 0 Å². The van der Waals surface area contributed by atoms with Gasteiger partial charge in [0.2, 0.25) is 0 Å². The molecule has 1 saturated heterocycles. The summed E-state index contributed by atoms with van der Waals surface area (Å²) in [5.41, 5.74) is 0.542. The van der Waals surface area contributed by atoms with Crippen molar-refractivity contribution >= 4 is 0 Å². The van der Waals surface area contributed by atoms with Crippen LogP contribution in [0.25, 0.3) is 0 Å². The predicted molar refractivity (Wildman–Crippen MR) is 32.8 cm³/mol. The van der Waals surface area contributed by atoms with Crippen LogP contribution in [0.1, 0.15) is 32.1 Å². The second-order valence-corrected chi connectivity index (χ2v) is 3.06. The van der Waals surface area contributed by atoms with Crippen LogP contribution in [-0.4, -0.2) is 12.1 Å². The molecule has 1 aliphatic carbocycles. The van der Waals surface area contributed by atoms with Crippen LogP contribution in [-0.2, 0) is 0 Å². The Morgan fingerprint density at radius 1 is 1.00 bits per heavy atom. The molecule has 8 heavy (non-hydrogen) atoms. The molecule has 45 valence electrons. The van der Waals surface area contributed by atoms with E-state index in [9.17, 15) is 0 Å². The largest absolute Gasteiger partial charge is 0.235 e. The highest BCUT2D eigenvalue weighted by Gasteiger charge is 2.39. The molecule has 1 spiro atoms. The Kier molecular flexibility index (Phi) is 0.884. The first-order valence-electron chi connectivity index (χ1n) is 3.60. The SMILES string of the molecule is C1CCC2(C1)CC[N]2. The van der Waals surface area contributed by atoms with Crippen molar-refractivity contribution in [1.29, 1.82) is 0 Å². The van der Waals surface area contributed by atoms with Gasteiger partial charge in [0.05, 0.1) is 0 Å². The average Bonchev–Trinajstić information content (AvgIpc) is 2.07. The average molecular weight is 110 g/mol. The fourth-order valence-electron chi connectivity index (χ4n) is 1.87. The van der Waals surface area contributed by atoms with E-state index in [1.54, 1.807) is 0 Å². The molecular formula is C7H12N. The van der Waals surface area contributed by atoms with Crippen molar-refractivity contribution in [3.8, 4) is 0 Å². The van der Waals surface area contributed by atoms with Gasteiger partial charge in [-0.05, 0) is 19.3 Å². The fourth-order valence-corrected chi connectivity index (χ4v) is 1.87. The predicted octanol–water partition coefficient (Wildman–Crippen LogP) is 1.31. The van der Waals surface area contributed by atoms with Crippen LogP contribution in [0.15, 0.2) is 0 Å². The minimum absolute atomic E-state index is 0.542. The van der Waals surface area contributed by atoms with Gasteiger partial charge in [0.15, 0.2) is 0 Å². The maximum absolute atomic E-state index is 4.50. The highest BCUT2D eigenvalue weighted by atomic mass is 15.0. The summed E-state index contributed by atoms with van der Waals surface area (Å²) in [4.78, 5) is 0. The van der Waals surface area contributed by atoms with Gasteiger partial charge in [-0.1, -0.05) is 12.8 Å². The standard InChI is InChI=1S/C7H12N/c1-2-4-7(3-1)5-6-8-7/h1-6H2.